The van der Waals surface area contributed by atoms with Gasteiger partial charge in [-0.2, -0.15) is 0 Å². The van der Waals surface area contributed by atoms with Crippen LogP contribution in [0.5, 0.6) is 0 Å². The lowest BCUT2D eigenvalue weighted by Crippen LogP contribution is -2.45. The van der Waals surface area contributed by atoms with E-state index in [1.807, 2.05) is 6.82 Å². The lowest BCUT2D eigenvalue weighted by molar-refractivity contribution is 0.223. The third-order valence-electron chi connectivity index (χ3n) is 4.17. The molecule has 0 radical (unpaired) electrons. The first-order valence-electron chi connectivity index (χ1n) is 6.91. The summed E-state index contributed by atoms with van der Waals surface area (Å²) in [4.78, 5) is 6.70. The molecule has 0 bridgehead atoms. The topological polar surface area (TPSA) is 41.3 Å². The molecule has 0 amide bonds. The van der Waals surface area contributed by atoms with Crippen LogP contribution < -0.4 is 0 Å². The molecule has 0 unspecified atom stereocenters. The van der Waals surface area contributed by atoms with Crippen molar-refractivity contribution in [2.75, 3.05) is 13.1 Å². The van der Waals surface area contributed by atoms with Crippen molar-refractivity contribution in [3.8, 4) is 0 Å². The molecule has 1 N–H and O–H groups in total. The number of imidazole rings is 1. The van der Waals surface area contributed by atoms with E-state index in [4.69, 9.17) is 0 Å². The van der Waals surface area contributed by atoms with E-state index in [9.17, 15) is 5.02 Å². The predicted octanol–water partition coefficient (Wildman–Crippen LogP) is 1.63. The fraction of sp³-hybridized carbons (Fsp3) is 0.769. The maximum absolute atomic E-state index is 9.68. The Morgan fingerprint density at radius 1 is 1.39 bits per heavy atom. The van der Waals surface area contributed by atoms with Crippen molar-refractivity contribution in [1.82, 2.24) is 14.4 Å². The zero-order valence-electron chi connectivity index (χ0n) is 12.0. The summed E-state index contributed by atoms with van der Waals surface area (Å²) in [6.45, 7) is 11.2. The van der Waals surface area contributed by atoms with Crippen LogP contribution in [0.4, 0.5) is 0 Å². The highest BCUT2D eigenvalue weighted by Gasteiger charge is 2.25. The molecular formula is C13H24BN3O. The average Bonchev–Trinajstić information content (AvgIpc) is 2.56. The second-order valence-corrected chi connectivity index (χ2v) is 5.58. The zero-order chi connectivity index (χ0) is 13.3. The highest BCUT2D eigenvalue weighted by molar-refractivity contribution is 6.45. The first kappa shape index (κ1) is 13.6. The summed E-state index contributed by atoms with van der Waals surface area (Å²) in [5.74, 6) is 1.73. The van der Waals surface area contributed by atoms with Crippen molar-refractivity contribution in [2.24, 2.45) is 5.92 Å². The number of rotatable bonds is 3. The molecular weight excluding hydrogens is 225 g/mol. The zero-order valence-corrected chi connectivity index (χ0v) is 12.0. The van der Waals surface area contributed by atoms with E-state index in [1.54, 1.807) is 0 Å². The molecule has 18 heavy (non-hydrogen) atoms. The fourth-order valence-electron chi connectivity index (χ4n) is 2.93. The Balaban J connectivity index is 2.05. The van der Waals surface area contributed by atoms with E-state index in [0.717, 1.165) is 31.2 Å². The van der Waals surface area contributed by atoms with E-state index < -0.39 is 0 Å². The van der Waals surface area contributed by atoms with E-state index in [2.05, 4.69) is 35.1 Å². The van der Waals surface area contributed by atoms with Gasteiger partial charge in [0.05, 0.1) is 5.69 Å². The van der Waals surface area contributed by atoms with Gasteiger partial charge < -0.3 is 14.4 Å². The van der Waals surface area contributed by atoms with E-state index in [-0.39, 0.29) is 7.05 Å². The highest BCUT2D eigenvalue weighted by Crippen LogP contribution is 2.21. The first-order valence-corrected chi connectivity index (χ1v) is 6.91. The van der Waals surface area contributed by atoms with Gasteiger partial charge in [0.25, 0.3) is 0 Å². The number of nitrogens with zero attached hydrogens (tertiary/aromatic N) is 3. The third kappa shape index (κ3) is 2.78. The largest absolute Gasteiger partial charge is 0.437 e. The third-order valence-corrected chi connectivity index (χ3v) is 4.17. The van der Waals surface area contributed by atoms with Gasteiger partial charge >= 0.3 is 7.05 Å². The molecule has 0 saturated carbocycles. The molecule has 1 aliphatic rings. The maximum Gasteiger partial charge on any atom is 0.376 e. The van der Waals surface area contributed by atoms with E-state index in [0.29, 0.717) is 5.92 Å². The normalized spacial score (nSPS) is 21.3. The lowest BCUT2D eigenvalue weighted by atomic mass is 9.80. The first-order chi connectivity index (χ1) is 8.49. The van der Waals surface area contributed by atoms with Gasteiger partial charge in [0.1, 0.15) is 5.82 Å². The number of hydrogen-bond acceptors (Lipinski definition) is 3. The molecule has 0 aliphatic carbocycles. The van der Waals surface area contributed by atoms with Crippen LogP contribution >= 0.6 is 0 Å². The summed E-state index contributed by atoms with van der Waals surface area (Å²) in [6, 6.07) is 0. The predicted molar refractivity (Wildman–Crippen MR) is 74.6 cm³/mol. The van der Waals surface area contributed by atoms with Gasteiger partial charge in [-0.25, -0.2) is 4.98 Å². The molecule has 1 aromatic rings. The SMILES string of the molecule is CB(O)N1CCC[C@@H](Cn2c(C)nc(C)c2C)C1. The molecule has 0 aromatic carbocycles. The van der Waals surface area contributed by atoms with Gasteiger partial charge in [-0.1, -0.05) is 0 Å². The number of piperidine rings is 1. The quantitative estimate of drug-likeness (QED) is 0.828. The number of aromatic nitrogens is 2. The van der Waals surface area contributed by atoms with Crippen LogP contribution in [0.3, 0.4) is 0 Å². The van der Waals surface area contributed by atoms with Crippen molar-refractivity contribution in [1.29, 1.82) is 0 Å². The van der Waals surface area contributed by atoms with Gasteiger partial charge in [-0.3, -0.25) is 0 Å². The lowest BCUT2D eigenvalue weighted by Gasteiger charge is -2.34. The van der Waals surface area contributed by atoms with Gasteiger partial charge in [0.2, 0.25) is 0 Å². The summed E-state index contributed by atoms with van der Waals surface area (Å²) >= 11 is 0. The Morgan fingerprint density at radius 3 is 2.67 bits per heavy atom. The molecule has 1 fully saturated rings. The Labute approximate surface area is 110 Å². The van der Waals surface area contributed by atoms with Crippen LogP contribution in [0.2, 0.25) is 6.82 Å². The van der Waals surface area contributed by atoms with Crippen LogP contribution in [0.25, 0.3) is 0 Å². The summed E-state index contributed by atoms with van der Waals surface area (Å²) in [7, 11) is -0.320. The summed E-state index contributed by atoms with van der Waals surface area (Å²) in [5, 5.41) is 9.68. The molecule has 1 aromatic heterocycles. The van der Waals surface area contributed by atoms with Crippen molar-refractivity contribution in [3.63, 3.8) is 0 Å². The molecule has 100 valence electrons. The fourth-order valence-corrected chi connectivity index (χ4v) is 2.93. The molecule has 4 nitrogen and oxygen atoms in total. The van der Waals surface area contributed by atoms with Crippen LogP contribution in [0.15, 0.2) is 0 Å². The van der Waals surface area contributed by atoms with E-state index >= 15 is 0 Å². The van der Waals surface area contributed by atoms with Crippen molar-refractivity contribution >= 4 is 7.05 Å². The van der Waals surface area contributed by atoms with Gasteiger partial charge in [-0.05, 0) is 59.4 Å². The van der Waals surface area contributed by atoms with E-state index in [1.165, 1.54) is 18.5 Å². The molecule has 1 aliphatic heterocycles. The molecule has 2 rings (SSSR count). The Hall–Kier alpha value is -0.805. The van der Waals surface area contributed by atoms with Crippen molar-refractivity contribution < 1.29 is 5.02 Å². The van der Waals surface area contributed by atoms with Gasteiger partial charge in [0.15, 0.2) is 0 Å². The molecule has 0 spiro atoms. The number of hydrogen-bond donors (Lipinski definition) is 1. The van der Waals surface area contributed by atoms with Crippen LogP contribution in [-0.2, 0) is 6.54 Å². The van der Waals surface area contributed by atoms with Crippen molar-refractivity contribution in [3.05, 3.63) is 17.2 Å². The Kier molecular flexibility index (Phi) is 4.12. The van der Waals surface area contributed by atoms with Gasteiger partial charge in [0, 0.05) is 12.2 Å². The minimum Gasteiger partial charge on any atom is -0.437 e. The van der Waals surface area contributed by atoms with Crippen LogP contribution in [-0.4, -0.2) is 39.5 Å². The summed E-state index contributed by atoms with van der Waals surface area (Å²) in [6.07, 6.45) is 2.43. The van der Waals surface area contributed by atoms with Gasteiger partial charge in [-0.15, -0.1) is 0 Å². The average molecular weight is 249 g/mol. The summed E-state index contributed by atoms with van der Waals surface area (Å²) in [5.41, 5.74) is 2.41. The second-order valence-electron chi connectivity index (χ2n) is 5.58. The monoisotopic (exact) mass is 249 g/mol. The summed E-state index contributed by atoms with van der Waals surface area (Å²) < 4.78 is 2.32. The van der Waals surface area contributed by atoms with Crippen LogP contribution in [0, 0.1) is 26.7 Å². The molecule has 5 heteroatoms. The smallest absolute Gasteiger partial charge is 0.376 e. The second kappa shape index (κ2) is 5.45. The highest BCUT2D eigenvalue weighted by atomic mass is 16.2. The molecule has 1 saturated heterocycles. The standard InChI is InChI=1S/C13H24BN3O/c1-10-11(2)17(12(3)15-10)9-13-6-5-7-16(8-13)14(4)18/h13,18H,5-9H2,1-4H3/t13-/m1/s1. The molecule has 2 heterocycles. The number of aryl methyl sites for hydroxylation is 2. The Morgan fingerprint density at radius 2 is 2.11 bits per heavy atom. The minimum atomic E-state index is -0.320. The molecule has 1 atom stereocenters. The van der Waals surface area contributed by atoms with Crippen molar-refractivity contribution in [2.45, 2.75) is 47.0 Å². The van der Waals surface area contributed by atoms with Crippen LogP contribution in [0.1, 0.15) is 30.1 Å². The Bertz CT molecular complexity index is 417. The minimum absolute atomic E-state index is 0.320. The maximum atomic E-state index is 9.68.